The van der Waals surface area contributed by atoms with E-state index >= 15 is 0 Å². The molecule has 5 rings (SSSR count). The highest BCUT2D eigenvalue weighted by Crippen LogP contribution is 2.43. The second-order valence-electron chi connectivity index (χ2n) is 13.4. The Morgan fingerprint density at radius 2 is 1.19 bits per heavy atom. The maximum absolute atomic E-state index is 7.29. The van der Waals surface area contributed by atoms with Crippen molar-refractivity contribution in [3.05, 3.63) is 71.8 Å². The van der Waals surface area contributed by atoms with E-state index in [0.717, 1.165) is 24.6 Å². The molecule has 2 saturated heterocycles. The van der Waals surface area contributed by atoms with Gasteiger partial charge in [0.25, 0.3) is 0 Å². The third-order valence-electron chi connectivity index (χ3n) is 9.08. The van der Waals surface area contributed by atoms with Crippen molar-refractivity contribution in [2.75, 3.05) is 0 Å². The van der Waals surface area contributed by atoms with Gasteiger partial charge in [-0.05, 0) is 105 Å². The molecule has 2 heterocycles. The van der Waals surface area contributed by atoms with Gasteiger partial charge in [-0.1, -0.05) is 74.5 Å². The molecular weight excluding hydrogens is 609 g/mol. The molecule has 1 aliphatic carbocycles. The fraction of sp³-hybridized carbons (Fsp3) is 0.613. The second kappa shape index (κ2) is 13.7. The average molecular weight is 659 g/mol. The first-order valence-electron chi connectivity index (χ1n) is 15.8. The van der Waals surface area contributed by atoms with Crippen molar-refractivity contribution in [2.45, 2.75) is 114 Å². The normalized spacial score (nSPS) is 36.1. The zero-order chi connectivity index (χ0) is 30.0. The van der Waals surface area contributed by atoms with E-state index in [1.165, 1.54) is 30.4 Å². The minimum atomic E-state index is -2.69. The predicted molar refractivity (Wildman–Crippen MR) is 178 cm³/mol. The van der Waals surface area contributed by atoms with Crippen LogP contribution in [0.4, 0.5) is 0 Å². The van der Waals surface area contributed by atoms with Gasteiger partial charge in [-0.3, -0.25) is 0 Å². The van der Waals surface area contributed by atoms with Crippen LogP contribution in [0.15, 0.2) is 60.7 Å². The molecule has 8 atom stereocenters. The van der Waals surface area contributed by atoms with Gasteiger partial charge in [0.15, 0.2) is 0 Å². The number of epoxide rings is 1. The summed E-state index contributed by atoms with van der Waals surface area (Å²) in [7, 11) is -11.2. The number of rotatable bonds is 9. The minimum Gasteiger partial charge on any atom is -0.416 e. The highest BCUT2D eigenvalue weighted by Gasteiger charge is 2.51. The molecule has 0 bridgehead atoms. The topological polar surface area (TPSA) is 58.7 Å². The van der Waals surface area contributed by atoms with Crippen molar-refractivity contribution in [3.63, 3.8) is 0 Å². The maximum Gasteiger partial charge on any atom is 0.362 e. The Labute approximate surface area is 260 Å². The highest BCUT2D eigenvalue weighted by molar-refractivity contribution is 6.88. The zero-order valence-corrected chi connectivity index (χ0v) is 31.6. The molecule has 11 heteroatoms. The van der Waals surface area contributed by atoms with E-state index in [0.29, 0.717) is 30.0 Å². The molecular formula is C31H50O6Si5. The van der Waals surface area contributed by atoms with Gasteiger partial charge >= 0.3 is 44.3 Å². The van der Waals surface area contributed by atoms with E-state index in [2.05, 4.69) is 107 Å². The Morgan fingerprint density at radius 3 is 1.74 bits per heavy atom. The third kappa shape index (κ3) is 8.93. The van der Waals surface area contributed by atoms with Crippen LogP contribution in [0.2, 0.25) is 50.9 Å². The van der Waals surface area contributed by atoms with Crippen LogP contribution < -0.4 is 0 Å². The smallest absolute Gasteiger partial charge is 0.362 e. The summed E-state index contributed by atoms with van der Waals surface area (Å²) < 4.78 is 41.0. The van der Waals surface area contributed by atoms with Crippen molar-refractivity contribution in [2.24, 2.45) is 5.92 Å². The molecule has 0 aromatic heterocycles. The van der Waals surface area contributed by atoms with Crippen molar-refractivity contribution in [3.8, 4) is 0 Å². The fourth-order valence-corrected chi connectivity index (χ4v) is 29.0. The van der Waals surface area contributed by atoms with Gasteiger partial charge in [-0.2, -0.15) is 0 Å². The highest BCUT2D eigenvalue weighted by atomic mass is 28.5. The molecule has 42 heavy (non-hydrogen) atoms. The lowest BCUT2D eigenvalue weighted by molar-refractivity contribution is 0.244. The van der Waals surface area contributed by atoms with Crippen molar-refractivity contribution >= 4 is 44.3 Å². The number of hydrogen-bond acceptors (Lipinski definition) is 6. The Bertz CT molecular complexity index is 1150. The van der Waals surface area contributed by atoms with Crippen LogP contribution in [0.5, 0.6) is 0 Å². The van der Waals surface area contributed by atoms with E-state index in [4.69, 9.17) is 25.3 Å². The molecule has 3 aliphatic rings. The summed E-state index contributed by atoms with van der Waals surface area (Å²) in [6.07, 6.45) is 5.79. The second-order valence-corrected chi connectivity index (χ2v) is 27.5. The molecule has 6 nitrogen and oxygen atoms in total. The van der Waals surface area contributed by atoms with Gasteiger partial charge in [0.1, 0.15) is 0 Å². The first-order chi connectivity index (χ1) is 19.9. The lowest BCUT2D eigenvalue weighted by atomic mass is 9.88. The number of fused-ring (bicyclic) bond motifs is 1. The number of benzene rings is 2. The van der Waals surface area contributed by atoms with Crippen LogP contribution >= 0.6 is 0 Å². The molecule has 2 aromatic rings. The van der Waals surface area contributed by atoms with Crippen LogP contribution in [0.25, 0.3) is 0 Å². The van der Waals surface area contributed by atoms with Crippen LogP contribution in [0.1, 0.15) is 62.5 Å². The van der Waals surface area contributed by atoms with E-state index < -0.39 is 44.3 Å². The van der Waals surface area contributed by atoms with Gasteiger partial charge in [0.05, 0.1) is 12.2 Å². The summed E-state index contributed by atoms with van der Waals surface area (Å²) in [6, 6.07) is 24.2. The van der Waals surface area contributed by atoms with Gasteiger partial charge in [0.2, 0.25) is 0 Å². The van der Waals surface area contributed by atoms with Crippen molar-refractivity contribution in [1.82, 2.24) is 0 Å². The molecule has 0 amide bonds. The Morgan fingerprint density at radius 1 is 0.690 bits per heavy atom. The SMILES string of the molecule is CC(C[Si]1(C)O[Si](C)O[Si](C)(CCC2CCC3OC3C2)O[Si](C)(CC(C)c2ccccc2)O[Si](C)O1)c1ccccc1. The first kappa shape index (κ1) is 32.7. The molecule has 3 fully saturated rings. The molecule has 1 saturated carbocycles. The van der Waals surface area contributed by atoms with Gasteiger partial charge in [-0.15, -0.1) is 0 Å². The molecule has 2 aromatic carbocycles. The summed E-state index contributed by atoms with van der Waals surface area (Å²) in [5.41, 5.74) is 2.64. The molecule has 230 valence electrons. The van der Waals surface area contributed by atoms with Gasteiger partial charge in [-0.25, -0.2) is 0 Å². The van der Waals surface area contributed by atoms with E-state index in [1.807, 2.05) is 0 Å². The Balaban J connectivity index is 1.38. The van der Waals surface area contributed by atoms with Crippen molar-refractivity contribution in [1.29, 1.82) is 0 Å². The first-order valence-corrected chi connectivity index (χ1v) is 27.0. The summed E-state index contributed by atoms with van der Waals surface area (Å²) in [6.45, 7) is 15.6. The lowest BCUT2D eigenvalue weighted by Crippen LogP contribution is -2.60. The van der Waals surface area contributed by atoms with Gasteiger partial charge < -0.3 is 25.3 Å². The summed E-state index contributed by atoms with van der Waals surface area (Å²) >= 11 is 0. The largest absolute Gasteiger partial charge is 0.416 e. The van der Waals surface area contributed by atoms with E-state index in [9.17, 15) is 0 Å². The molecule has 2 radical (unpaired) electrons. The summed E-state index contributed by atoms with van der Waals surface area (Å²) in [4.78, 5) is 0. The number of hydrogen-bond donors (Lipinski definition) is 0. The summed E-state index contributed by atoms with van der Waals surface area (Å²) in [5.74, 6) is 1.34. The standard InChI is InChI=1S/C31H50O6Si5/c1-25(28-14-10-8-11-15-28)23-41(6)34-38(3)33-40(5,21-20-27-18-19-30-31(22-27)32-30)37-42(7,36-39(4)35-41)24-26(2)29-16-12-9-13-17-29/h8-17,25-27,30-31H,18-24H2,1-7H3. The van der Waals surface area contributed by atoms with E-state index in [1.54, 1.807) is 0 Å². The number of ether oxygens (including phenoxy) is 1. The maximum atomic E-state index is 7.29. The molecule has 8 unspecified atom stereocenters. The van der Waals surface area contributed by atoms with Crippen LogP contribution in [-0.4, -0.2) is 56.5 Å². The third-order valence-corrected chi connectivity index (χ3v) is 27.9. The van der Waals surface area contributed by atoms with Crippen LogP contribution in [0, 0.1) is 5.92 Å². The Hall–Kier alpha value is -0.716. The lowest BCUT2D eigenvalue weighted by Gasteiger charge is -2.44. The Kier molecular flexibility index (Phi) is 10.7. The minimum absolute atomic E-state index is 0.325. The molecule has 0 N–H and O–H groups in total. The van der Waals surface area contributed by atoms with E-state index in [-0.39, 0.29) is 0 Å². The van der Waals surface area contributed by atoms with Crippen LogP contribution in [-0.2, 0) is 25.3 Å². The quantitative estimate of drug-likeness (QED) is 0.201. The van der Waals surface area contributed by atoms with Crippen LogP contribution in [0.3, 0.4) is 0 Å². The monoisotopic (exact) mass is 658 g/mol. The fourth-order valence-electron chi connectivity index (χ4n) is 7.17. The zero-order valence-electron chi connectivity index (χ0n) is 26.6. The predicted octanol–water partition coefficient (Wildman–Crippen LogP) is 8.10. The molecule has 2 aliphatic heterocycles. The van der Waals surface area contributed by atoms with Gasteiger partial charge in [0, 0.05) is 0 Å². The average Bonchev–Trinajstić information content (AvgIpc) is 3.70. The van der Waals surface area contributed by atoms with Crippen molar-refractivity contribution < 1.29 is 25.3 Å². The molecule has 0 spiro atoms. The summed E-state index contributed by atoms with van der Waals surface area (Å²) in [5, 5.41) is 0.